The number of nitrogens with zero attached hydrogens (tertiary/aromatic N) is 2. The first-order chi connectivity index (χ1) is 34.7. The van der Waals surface area contributed by atoms with Gasteiger partial charge in [-0.1, -0.05) is 146 Å². The second kappa shape index (κ2) is 26.1. The molecule has 0 aliphatic heterocycles. The number of fused-ring (bicyclic) bond motifs is 2. The van der Waals surface area contributed by atoms with Crippen LogP contribution in [0.1, 0.15) is 204 Å². The Morgan fingerprint density at radius 1 is 0.681 bits per heavy atom. The van der Waals surface area contributed by atoms with Crippen molar-refractivity contribution in [1.29, 1.82) is 0 Å². The van der Waals surface area contributed by atoms with Gasteiger partial charge in [-0.15, -0.1) is 69.8 Å². The predicted molar refractivity (Wildman–Crippen MR) is 297 cm³/mol. The van der Waals surface area contributed by atoms with Crippen molar-refractivity contribution < 1.29 is 44.3 Å². The quantitative estimate of drug-likeness (QED) is 0.0753. The Bertz CT molecular complexity index is 2800. The minimum atomic E-state index is -2.83. The van der Waals surface area contributed by atoms with E-state index in [0.29, 0.717) is 31.1 Å². The second-order valence-corrected chi connectivity index (χ2v) is 22.3. The van der Waals surface area contributed by atoms with E-state index in [0.717, 1.165) is 68.2 Å². The van der Waals surface area contributed by atoms with Gasteiger partial charge in [-0.25, -0.2) is 8.78 Å². The number of hydrogen-bond acceptors (Lipinski definition) is 4. The minimum Gasteiger partial charge on any atom is -0.512 e. The molecule has 4 aromatic carbocycles. The van der Waals surface area contributed by atoms with Gasteiger partial charge in [0.05, 0.1) is 11.2 Å². The van der Waals surface area contributed by atoms with Gasteiger partial charge in [-0.3, -0.25) is 4.79 Å². The summed E-state index contributed by atoms with van der Waals surface area (Å²) in [5, 5.41) is 13.4. The summed E-state index contributed by atoms with van der Waals surface area (Å²) in [7, 11) is 0. The zero-order valence-corrected chi connectivity index (χ0v) is 46.9. The van der Waals surface area contributed by atoms with Gasteiger partial charge in [-0.05, 0) is 131 Å². The van der Waals surface area contributed by atoms with Crippen molar-refractivity contribution in [1.82, 2.24) is 9.97 Å². The third-order valence-electron chi connectivity index (χ3n) is 14.4. The summed E-state index contributed by atoms with van der Waals surface area (Å²) in [5.41, 5.74) is 10.6. The van der Waals surface area contributed by atoms with E-state index in [1.807, 2.05) is 13.8 Å². The van der Waals surface area contributed by atoms with Crippen LogP contribution in [-0.4, -0.2) is 26.8 Å². The molecule has 1 atom stereocenters. The van der Waals surface area contributed by atoms with E-state index in [9.17, 15) is 18.7 Å². The SMILES string of the molecule is C.CCC(CC)C(=O)C=C(O)C(CC)CC(C)(F)F.[2H]c1nc(-c2[c-]c(C)cc(C(C)(C)C)c2)c2ccc(C3CCCC3)cc2c1[2H].[2H]c1nc(-c2[c-]c(C)cc(C(C)(C)C)c2)c2ccc(C3CCCC3)cc2c1[2H].[Ir]. The van der Waals surface area contributed by atoms with Crippen LogP contribution in [0.2, 0.25) is 0 Å². The Morgan fingerprint density at radius 2 is 1.07 bits per heavy atom. The Balaban J connectivity index is 0.000000250. The van der Waals surface area contributed by atoms with Crippen molar-refractivity contribution in [2.24, 2.45) is 11.8 Å². The Kier molecular flexibility index (Phi) is 19.4. The molecular weight excluding hydrogens is 1070 g/mol. The molecule has 1 unspecified atom stereocenters. The number of benzene rings is 4. The normalized spacial score (nSPS) is 15.8. The monoisotopic (exact) mass is 1160 g/mol. The first-order valence-electron chi connectivity index (χ1n) is 28.0. The van der Waals surface area contributed by atoms with E-state index >= 15 is 0 Å². The third-order valence-corrected chi connectivity index (χ3v) is 14.4. The van der Waals surface area contributed by atoms with Crippen LogP contribution < -0.4 is 0 Å². The van der Waals surface area contributed by atoms with Crippen LogP contribution in [-0.2, 0) is 35.7 Å². The fraction of sp³-hybridized carbons (Fsp3) is 0.492. The maximum absolute atomic E-state index is 12.9. The zero-order chi connectivity index (χ0) is 54.4. The largest absolute Gasteiger partial charge is 0.512 e. The molecule has 2 heterocycles. The van der Waals surface area contributed by atoms with E-state index in [4.69, 9.17) is 5.48 Å². The molecule has 2 fully saturated rings. The molecule has 0 spiro atoms. The molecule has 391 valence electrons. The summed E-state index contributed by atoms with van der Waals surface area (Å²) in [6, 6.07) is 28.8. The molecule has 0 amide bonds. The molecule has 2 aliphatic rings. The van der Waals surface area contributed by atoms with Crippen molar-refractivity contribution in [3.63, 3.8) is 0 Å². The first kappa shape index (κ1) is 53.7. The predicted octanol–water partition coefficient (Wildman–Crippen LogP) is 19.1. The molecule has 2 aromatic heterocycles. The number of aryl methyl sites for hydroxylation is 2. The van der Waals surface area contributed by atoms with E-state index in [-0.39, 0.29) is 80.3 Å². The second-order valence-electron chi connectivity index (χ2n) is 22.3. The Morgan fingerprint density at radius 3 is 1.42 bits per heavy atom. The van der Waals surface area contributed by atoms with Gasteiger partial charge in [0.2, 0.25) is 5.92 Å². The smallest absolute Gasteiger partial charge is 0.246 e. The average Bonchev–Trinajstić information content (AvgIpc) is 4.09. The maximum Gasteiger partial charge on any atom is 0.246 e. The van der Waals surface area contributed by atoms with Crippen molar-refractivity contribution in [2.45, 2.75) is 196 Å². The van der Waals surface area contributed by atoms with E-state index in [1.54, 1.807) is 6.92 Å². The molecule has 6 aromatic rings. The molecule has 72 heavy (non-hydrogen) atoms. The number of aliphatic hydroxyl groups excluding tert-OH is 1. The zero-order valence-electron chi connectivity index (χ0n) is 48.5. The number of alkyl halides is 2. The number of aliphatic hydroxyl groups is 1. The number of carbonyl (C=O) groups is 1. The number of ketones is 1. The van der Waals surface area contributed by atoms with E-state index in [2.05, 4.69) is 138 Å². The summed E-state index contributed by atoms with van der Waals surface area (Å²) >= 11 is 0. The van der Waals surface area contributed by atoms with Crippen molar-refractivity contribution in [3.05, 3.63) is 142 Å². The van der Waals surface area contributed by atoms with Crippen molar-refractivity contribution in [2.75, 3.05) is 0 Å². The van der Waals surface area contributed by atoms with Crippen LogP contribution >= 0.6 is 0 Å². The van der Waals surface area contributed by atoms with Crippen molar-refractivity contribution in [3.8, 4) is 22.5 Å². The van der Waals surface area contributed by atoms with E-state index in [1.165, 1.54) is 73.6 Å². The molecule has 8 rings (SSSR count). The first-order valence-corrected chi connectivity index (χ1v) is 26.0. The average molecular weight is 1160 g/mol. The molecule has 2 aliphatic carbocycles. The number of aromatic nitrogens is 2. The van der Waals surface area contributed by atoms with Gasteiger partial charge < -0.3 is 15.1 Å². The standard InChI is InChI=1S/2C25H28N.C14H24F2O2.CH4.Ir/c2*1-17-13-21(16-22(14-17)25(2,3)4)24-23-10-9-19(18-7-5-6-8-18)15-20(23)11-12-26-24;1-5-10(6-2)12(17)8-13(18)11(7-3)9-14(4,15)16;;/h2*9-12,14-16,18H,5-8H2,1-4H3;8,10-11,18H,5-7,9H2,1-4H3;1H4;/q2*-1;;;/i2*11D,12D;;;. The summed E-state index contributed by atoms with van der Waals surface area (Å²) < 4.78 is 59.3. The molecule has 0 saturated heterocycles. The van der Waals surface area contributed by atoms with Gasteiger partial charge in [0.25, 0.3) is 0 Å². The Labute approximate surface area is 452 Å². The van der Waals surface area contributed by atoms with Crippen LogP contribution in [0.5, 0.6) is 0 Å². The minimum absolute atomic E-state index is 0. The topological polar surface area (TPSA) is 63.1 Å². The van der Waals surface area contributed by atoms with Crippen LogP contribution in [0.4, 0.5) is 8.78 Å². The fourth-order valence-corrected chi connectivity index (χ4v) is 10.1. The summed E-state index contributed by atoms with van der Waals surface area (Å²) in [6.45, 7) is 23.7. The maximum atomic E-state index is 12.9. The molecule has 1 N–H and O–H groups in total. The number of pyridine rings is 2. The van der Waals surface area contributed by atoms with Gasteiger partial charge in [0.15, 0.2) is 5.78 Å². The third kappa shape index (κ3) is 16.0. The number of allylic oxidation sites excluding steroid dienone is 2. The summed E-state index contributed by atoms with van der Waals surface area (Å²) in [5.74, 6) is -2.82. The molecule has 4 nitrogen and oxygen atoms in total. The molecule has 2 saturated carbocycles. The van der Waals surface area contributed by atoms with Gasteiger partial charge in [-0.2, -0.15) is 0 Å². The fourth-order valence-electron chi connectivity index (χ4n) is 10.1. The summed E-state index contributed by atoms with van der Waals surface area (Å²) in [4.78, 5) is 20.8. The van der Waals surface area contributed by atoms with Crippen LogP contribution in [0.15, 0.2) is 96.9 Å². The Hall–Kier alpha value is -4.58. The molecule has 7 heteroatoms. The van der Waals surface area contributed by atoms with Gasteiger partial charge in [0, 0.05) is 56.8 Å². The number of rotatable bonds is 12. The van der Waals surface area contributed by atoms with Crippen LogP contribution in [0.3, 0.4) is 0 Å². The number of carbonyl (C=O) groups excluding carboxylic acids is 1. The molecule has 1 radical (unpaired) electrons. The summed E-state index contributed by atoms with van der Waals surface area (Å²) in [6.07, 6.45) is 12.6. The van der Waals surface area contributed by atoms with Gasteiger partial charge in [0.1, 0.15) is 0 Å². The molecular formula is C65H84F2IrN2O2-2. The number of halogens is 2. The van der Waals surface area contributed by atoms with Crippen LogP contribution in [0, 0.1) is 37.8 Å². The van der Waals surface area contributed by atoms with Gasteiger partial charge >= 0.3 is 0 Å². The molecule has 0 bridgehead atoms. The number of hydrogen-bond donors (Lipinski definition) is 1. The van der Waals surface area contributed by atoms with Crippen LogP contribution in [0.25, 0.3) is 44.1 Å². The van der Waals surface area contributed by atoms with E-state index < -0.39 is 18.3 Å². The van der Waals surface area contributed by atoms with Crippen molar-refractivity contribution >= 4 is 27.3 Å².